The fraction of sp³-hybridized carbons (Fsp3) is 0.526. The van der Waals surface area contributed by atoms with E-state index in [1.807, 2.05) is 32.9 Å². The van der Waals surface area contributed by atoms with Crippen LogP contribution >= 0.6 is 0 Å². The lowest BCUT2D eigenvalue weighted by atomic mass is 9.80. The summed E-state index contributed by atoms with van der Waals surface area (Å²) < 4.78 is 0. The van der Waals surface area contributed by atoms with Crippen molar-refractivity contribution in [3.8, 4) is 12.3 Å². The predicted octanol–water partition coefficient (Wildman–Crippen LogP) is 2.55. The minimum Gasteiger partial charge on any atom is -0.345 e. The van der Waals surface area contributed by atoms with Crippen LogP contribution in [0.3, 0.4) is 0 Å². The van der Waals surface area contributed by atoms with Gasteiger partial charge in [-0.25, -0.2) is 0 Å². The van der Waals surface area contributed by atoms with Crippen LogP contribution < -0.4 is 5.32 Å². The molecule has 1 aliphatic rings. The Kier molecular flexibility index (Phi) is 4.89. The van der Waals surface area contributed by atoms with Crippen LogP contribution in [-0.4, -0.2) is 22.7 Å². The second kappa shape index (κ2) is 6.54. The van der Waals surface area contributed by atoms with E-state index in [4.69, 9.17) is 6.42 Å². The van der Waals surface area contributed by atoms with Gasteiger partial charge in [-0.05, 0) is 36.3 Å². The van der Waals surface area contributed by atoms with Gasteiger partial charge in [0, 0.05) is 18.3 Å². The van der Waals surface area contributed by atoms with Crippen LogP contribution in [0, 0.1) is 29.6 Å². The number of carbonyl (C=O) groups excluding carboxylic acids is 2. The Morgan fingerprint density at radius 3 is 2.65 bits per heavy atom. The summed E-state index contributed by atoms with van der Waals surface area (Å²) in [4.78, 5) is 29.1. The minimum absolute atomic E-state index is 0.0728. The summed E-state index contributed by atoms with van der Waals surface area (Å²) in [7, 11) is 0. The average molecular weight is 312 g/mol. The molecule has 2 rings (SSSR count). The maximum absolute atomic E-state index is 12.5. The summed E-state index contributed by atoms with van der Waals surface area (Å²) in [5, 5.41) is 2.93. The van der Waals surface area contributed by atoms with Gasteiger partial charge in [0.05, 0.1) is 12.0 Å². The van der Waals surface area contributed by atoms with Crippen molar-refractivity contribution >= 4 is 11.7 Å². The van der Waals surface area contributed by atoms with Crippen molar-refractivity contribution < 1.29 is 9.59 Å². The topological polar surface area (TPSA) is 59.1 Å². The summed E-state index contributed by atoms with van der Waals surface area (Å²) in [6, 6.07) is 3.28. The molecule has 0 radical (unpaired) electrons. The summed E-state index contributed by atoms with van der Waals surface area (Å²) in [6.45, 7) is 7.50. The fourth-order valence-electron chi connectivity index (χ4n) is 2.74. The Bertz CT molecular complexity index is 625. The van der Waals surface area contributed by atoms with E-state index in [0.29, 0.717) is 0 Å². The van der Waals surface area contributed by atoms with Crippen LogP contribution in [0.5, 0.6) is 0 Å². The smallest absolute Gasteiger partial charge is 0.224 e. The first-order valence-corrected chi connectivity index (χ1v) is 7.96. The number of ketones is 1. The highest BCUT2D eigenvalue weighted by atomic mass is 16.2. The van der Waals surface area contributed by atoms with Crippen molar-refractivity contribution in [2.45, 2.75) is 46.1 Å². The van der Waals surface area contributed by atoms with Gasteiger partial charge in [0.25, 0.3) is 0 Å². The number of terminal acetylenes is 1. The Morgan fingerprint density at radius 1 is 1.43 bits per heavy atom. The van der Waals surface area contributed by atoms with Gasteiger partial charge in [-0.3, -0.25) is 14.6 Å². The number of rotatable bonds is 5. The number of nitrogens with one attached hydrogen (secondary N) is 1. The van der Waals surface area contributed by atoms with Crippen LogP contribution in [-0.2, 0) is 9.59 Å². The lowest BCUT2D eigenvalue weighted by Gasteiger charge is -2.31. The monoisotopic (exact) mass is 312 g/mol. The van der Waals surface area contributed by atoms with Gasteiger partial charge in [-0.2, -0.15) is 0 Å². The molecule has 4 nitrogen and oxygen atoms in total. The molecule has 4 atom stereocenters. The van der Waals surface area contributed by atoms with Crippen molar-refractivity contribution in [2.24, 2.45) is 17.3 Å². The van der Waals surface area contributed by atoms with Crippen LogP contribution in [0.1, 0.15) is 45.6 Å². The molecule has 1 aromatic heterocycles. The van der Waals surface area contributed by atoms with Crippen molar-refractivity contribution in [3.05, 3.63) is 30.1 Å². The highest BCUT2D eigenvalue weighted by molar-refractivity contribution is 5.94. The highest BCUT2D eigenvalue weighted by Crippen LogP contribution is 2.47. The van der Waals surface area contributed by atoms with E-state index in [0.717, 1.165) is 12.0 Å². The molecule has 0 saturated heterocycles. The molecule has 1 amide bonds. The minimum atomic E-state index is -0.573. The molecule has 122 valence electrons. The first-order valence-electron chi connectivity index (χ1n) is 7.96. The first-order chi connectivity index (χ1) is 10.8. The SMILES string of the molecule is C#C[C@H](C)C(=O)[C@@H](NC(=O)[C@@H]1CC1c1cccnc1)C(C)(C)C. The van der Waals surface area contributed by atoms with Crippen LogP contribution in [0.2, 0.25) is 0 Å². The van der Waals surface area contributed by atoms with Gasteiger partial charge in [0.15, 0.2) is 5.78 Å². The number of Topliss-reactive ketones (excluding diaryl/α,β-unsaturated/α-hetero) is 1. The number of hydrogen-bond acceptors (Lipinski definition) is 3. The molecule has 1 aromatic rings. The molecule has 1 saturated carbocycles. The van der Waals surface area contributed by atoms with Crippen molar-refractivity contribution in [1.82, 2.24) is 10.3 Å². The second-order valence-electron chi connectivity index (χ2n) is 7.33. The zero-order valence-corrected chi connectivity index (χ0v) is 14.2. The normalized spacial score (nSPS) is 22.6. The van der Waals surface area contributed by atoms with Crippen LogP contribution in [0.4, 0.5) is 0 Å². The zero-order chi connectivity index (χ0) is 17.2. The molecule has 23 heavy (non-hydrogen) atoms. The lowest BCUT2D eigenvalue weighted by Crippen LogP contribution is -2.51. The molecule has 0 aliphatic heterocycles. The molecule has 0 aromatic carbocycles. The molecular formula is C19H24N2O2. The van der Waals surface area contributed by atoms with Gasteiger partial charge in [0.1, 0.15) is 0 Å². The Morgan fingerprint density at radius 2 is 2.13 bits per heavy atom. The molecule has 0 bridgehead atoms. The molecule has 1 aliphatic carbocycles. The van der Waals surface area contributed by atoms with E-state index in [2.05, 4.69) is 16.2 Å². The van der Waals surface area contributed by atoms with E-state index >= 15 is 0 Å². The largest absolute Gasteiger partial charge is 0.345 e. The number of hydrogen-bond donors (Lipinski definition) is 1. The molecular weight excluding hydrogens is 288 g/mol. The lowest BCUT2D eigenvalue weighted by molar-refractivity contribution is -0.132. The third-order valence-electron chi connectivity index (χ3n) is 4.35. The average Bonchev–Trinajstić information content (AvgIpc) is 3.31. The third-order valence-corrected chi connectivity index (χ3v) is 4.35. The molecule has 1 unspecified atom stereocenters. The van der Waals surface area contributed by atoms with Crippen molar-refractivity contribution in [3.63, 3.8) is 0 Å². The molecule has 1 fully saturated rings. The maximum Gasteiger partial charge on any atom is 0.224 e. The molecule has 0 spiro atoms. The van der Waals surface area contributed by atoms with Gasteiger partial charge in [-0.15, -0.1) is 6.42 Å². The number of carbonyl (C=O) groups is 2. The zero-order valence-electron chi connectivity index (χ0n) is 14.2. The summed E-state index contributed by atoms with van der Waals surface area (Å²) in [6.07, 6.45) is 9.68. The third kappa shape index (κ3) is 3.98. The Balaban J connectivity index is 2.05. The Hall–Kier alpha value is -2.15. The maximum atomic E-state index is 12.5. The number of pyridine rings is 1. The van der Waals surface area contributed by atoms with Gasteiger partial charge in [0.2, 0.25) is 5.91 Å². The van der Waals surface area contributed by atoms with Crippen LogP contribution in [0.15, 0.2) is 24.5 Å². The van der Waals surface area contributed by atoms with E-state index in [-0.39, 0.29) is 28.9 Å². The summed E-state index contributed by atoms with van der Waals surface area (Å²) in [5.41, 5.74) is 0.694. The van der Waals surface area contributed by atoms with Gasteiger partial charge < -0.3 is 5.32 Å². The van der Waals surface area contributed by atoms with E-state index < -0.39 is 12.0 Å². The van der Waals surface area contributed by atoms with Gasteiger partial charge >= 0.3 is 0 Å². The molecule has 1 heterocycles. The van der Waals surface area contributed by atoms with Crippen LogP contribution in [0.25, 0.3) is 0 Å². The highest BCUT2D eigenvalue weighted by Gasteiger charge is 2.46. The molecule has 1 N–H and O–H groups in total. The number of nitrogens with zero attached hydrogens (tertiary/aromatic N) is 1. The fourth-order valence-corrected chi connectivity index (χ4v) is 2.74. The standard InChI is InChI=1S/C19H24N2O2/c1-6-12(2)16(22)17(19(3,4)5)21-18(23)15-10-14(15)13-8-7-9-20-11-13/h1,7-9,11-12,14-15,17H,10H2,2-5H3,(H,21,23)/t12-,14?,15+,17+/m0/s1. The van der Waals surface area contributed by atoms with E-state index in [1.165, 1.54) is 0 Å². The van der Waals surface area contributed by atoms with Gasteiger partial charge in [-0.1, -0.05) is 32.8 Å². The summed E-state index contributed by atoms with van der Waals surface area (Å²) in [5.74, 6) is 1.89. The predicted molar refractivity (Wildman–Crippen MR) is 89.5 cm³/mol. The summed E-state index contributed by atoms with van der Waals surface area (Å²) >= 11 is 0. The molecule has 4 heteroatoms. The van der Waals surface area contributed by atoms with Crippen molar-refractivity contribution in [1.29, 1.82) is 0 Å². The van der Waals surface area contributed by atoms with E-state index in [9.17, 15) is 9.59 Å². The van der Waals surface area contributed by atoms with E-state index in [1.54, 1.807) is 19.3 Å². The quantitative estimate of drug-likeness (QED) is 0.850. The number of aromatic nitrogens is 1. The first kappa shape index (κ1) is 17.2. The Labute approximate surface area is 138 Å². The van der Waals surface area contributed by atoms with Crippen molar-refractivity contribution in [2.75, 3.05) is 0 Å². The number of amides is 1. The second-order valence-corrected chi connectivity index (χ2v) is 7.33.